The van der Waals surface area contributed by atoms with Gasteiger partial charge in [-0.1, -0.05) is 43.2 Å². The lowest BCUT2D eigenvalue weighted by atomic mass is 9.61. The smallest absolute Gasteiger partial charge is 0.170 e. The summed E-state index contributed by atoms with van der Waals surface area (Å²) in [7, 11) is 0. The van der Waals surface area contributed by atoms with Gasteiger partial charge in [0.25, 0.3) is 0 Å². The summed E-state index contributed by atoms with van der Waals surface area (Å²) in [6.45, 7) is 3.65. The molecule has 1 saturated carbocycles. The number of aryl methyl sites for hydroxylation is 1. The average molecular weight is 449 g/mol. The van der Waals surface area contributed by atoms with Gasteiger partial charge in [-0.3, -0.25) is 4.79 Å². The van der Waals surface area contributed by atoms with Crippen LogP contribution in [0.4, 0.5) is 0 Å². The van der Waals surface area contributed by atoms with E-state index in [4.69, 9.17) is 4.74 Å². The van der Waals surface area contributed by atoms with Crippen LogP contribution in [0.3, 0.4) is 0 Å². The van der Waals surface area contributed by atoms with Crippen molar-refractivity contribution in [3.05, 3.63) is 59.2 Å². The standard InChI is InChI=1S/C29H36O4/c1-19(30)15-16-25-23-13-6-7-14-24(23)26-17-22(18-27(31)28(26)29(25)32)33-20(2)9-8-12-21-10-4-3-5-11-21/h3-5,10-11,17-18,20,23-25,31H,6-9,12-16H2,1-2H3/t20?,23-,24-,25-/m0/s1. The molecule has 2 aliphatic carbocycles. The van der Waals surface area contributed by atoms with Gasteiger partial charge < -0.3 is 14.6 Å². The lowest BCUT2D eigenvalue weighted by Crippen LogP contribution is -2.37. The van der Waals surface area contributed by atoms with Crippen molar-refractivity contribution in [1.82, 2.24) is 0 Å². The van der Waals surface area contributed by atoms with Crippen molar-refractivity contribution in [2.75, 3.05) is 0 Å². The van der Waals surface area contributed by atoms with E-state index in [0.717, 1.165) is 50.5 Å². The maximum Gasteiger partial charge on any atom is 0.170 e. The van der Waals surface area contributed by atoms with Gasteiger partial charge in [0.15, 0.2) is 5.78 Å². The molecule has 0 spiro atoms. The molecular weight excluding hydrogens is 412 g/mol. The lowest BCUT2D eigenvalue weighted by molar-refractivity contribution is -0.117. The van der Waals surface area contributed by atoms with Crippen LogP contribution in [0.5, 0.6) is 11.5 Å². The zero-order valence-corrected chi connectivity index (χ0v) is 19.9. The topological polar surface area (TPSA) is 63.6 Å². The Labute approximate surface area is 197 Å². The number of phenolic OH excluding ortho intramolecular Hbond substituents is 1. The molecule has 33 heavy (non-hydrogen) atoms. The number of fused-ring (bicyclic) bond motifs is 3. The Kier molecular flexibility index (Phi) is 7.52. The van der Waals surface area contributed by atoms with Gasteiger partial charge in [-0.25, -0.2) is 0 Å². The first-order chi connectivity index (χ1) is 15.9. The molecule has 2 aromatic rings. The molecule has 0 saturated heterocycles. The van der Waals surface area contributed by atoms with Crippen LogP contribution in [0, 0.1) is 11.8 Å². The fourth-order valence-corrected chi connectivity index (χ4v) is 5.89. The second-order valence-electron chi connectivity index (χ2n) is 9.98. The molecule has 2 aliphatic rings. The second kappa shape index (κ2) is 10.5. The fourth-order valence-electron chi connectivity index (χ4n) is 5.89. The highest BCUT2D eigenvalue weighted by atomic mass is 16.5. The fraction of sp³-hybridized carbons (Fsp3) is 0.517. The first kappa shape index (κ1) is 23.5. The van der Waals surface area contributed by atoms with Crippen LogP contribution >= 0.6 is 0 Å². The summed E-state index contributed by atoms with van der Waals surface area (Å²) in [5, 5.41) is 10.9. The van der Waals surface area contributed by atoms with Crippen molar-refractivity contribution in [3.8, 4) is 11.5 Å². The Morgan fingerprint density at radius 2 is 1.91 bits per heavy atom. The van der Waals surface area contributed by atoms with Crippen molar-refractivity contribution in [2.24, 2.45) is 11.8 Å². The number of ketones is 2. The zero-order chi connectivity index (χ0) is 23.4. The summed E-state index contributed by atoms with van der Waals surface area (Å²) in [6, 6.07) is 14.1. The van der Waals surface area contributed by atoms with Gasteiger partial charge in [0.2, 0.25) is 0 Å². The predicted molar refractivity (Wildman–Crippen MR) is 130 cm³/mol. The Morgan fingerprint density at radius 1 is 1.15 bits per heavy atom. The molecule has 4 atom stereocenters. The number of carbonyl (C=O) groups excluding carboxylic acids is 2. The predicted octanol–water partition coefficient (Wildman–Crippen LogP) is 6.64. The van der Waals surface area contributed by atoms with E-state index in [9.17, 15) is 14.7 Å². The van der Waals surface area contributed by atoms with Gasteiger partial charge in [-0.2, -0.15) is 0 Å². The van der Waals surface area contributed by atoms with Crippen molar-refractivity contribution in [2.45, 2.75) is 83.7 Å². The number of phenols is 1. The molecular formula is C29H36O4. The highest BCUT2D eigenvalue weighted by molar-refractivity contribution is 6.03. The molecule has 1 unspecified atom stereocenters. The highest BCUT2D eigenvalue weighted by Gasteiger charge is 2.44. The van der Waals surface area contributed by atoms with Crippen LogP contribution in [0.1, 0.15) is 92.6 Å². The third kappa shape index (κ3) is 5.48. The average Bonchev–Trinajstić information content (AvgIpc) is 2.79. The number of carbonyl (C=O) groups is 2. The number of aromatic hydroxyl groups is 1. The van der Waals surface area contributed by atoms with E-state index in [1.807, 2.05) is 12.1 Å². The molecule has 0 heterocycles. The number of hydrogen-bond donors (Lipinski definition) is 1. The monoisotopic (exact) mass is 448 g/mol. The quantitative estimate of drug-likeness (QED) is 0.467. The summed E-state index contributed by atoms with van der Waals surface area (Å²) in [5.41, 5.74) is 2.75. The van der Waals surface area contributed by atoms with Gasteiger partial charge >= 0.3 is 0 Å². The van der Waals surface area contributed by atoms with Crippen LogP contribution in [0.2, 0.25) is 0 Å². The van der Waals surface area contributed by atoms with Gasteiger partial charge in [-0.15, -0.1) is 0 Å². The zero-order valence-electron chi connectivity index (χ0n) is 19.9. The van der Waals surface area contributed by atoms with E-state index in [0.29, 0.717) is 24.2 Å². The first-order valence-corrected chi connectivity index (χ1v) is 12.5. The van der Waals surface area contributed by atoms with Crippen LogP contribution in [-0.2, 0) is 11.2 Å². The number of rotatable bonds is 9. The minimum atomic E-state index is -0.165. The van der Waals surface area contributed by atoms with E-state index in [-0.39, 0.29) is 41.2 Å². The van der Waals surface area contributed by atoms with Gasteiger partial charge in [0, 0.05) is 18.4 Å². The number of ether oxygens (including phenoxy) is 1. The summed E-state index contributed by atoms with van der Waals surface area (Å²) in [5.74, 6) is 1.16. The lowest BCUT2D eigenvalue weighted by Gasteiger charge is -2.42. The molecule has 0 aromatic heterocycles. The van der Waals surface area contributed by atoms with Crippen molar-refractivity contribution < 1.29 is 19.4 Å². The van der Waals surface area contributed by atoms with Crippen molar-refractivity contribution >= 4 is 11.6 Å². The highest BCUT2D eigenvalue weighted by Crippen LogP contribution is 2.51. The second-order valence-corrected chi connectivity index (χ2v) is 9.98. The number of benzene rings is 2. The van der Waals surface area contributed by atoms with Crippen molar-refractivity contribution in [3.63, 3.8) is 0 Å². The minimum absolute atomic E-state index is 0.00867. The summed E-state index contributed by atoms with van der Waals surface area (Å²) in [6.07, 6.45) is 8.31. The normalized spacial score (nSPS) is 22.8. The Morgan fingerprint density at radius 3 is 2.67 bits per heavy atom. The molecule has 1 N–H and O–H groups in total. The molecule has 176 valence electrons. The molecule has 0 bridgehead atoms. The maximum atomic E-state index is 13.4. The third-order valence-corrected chi connectivity index (χ3v) is 7.50. The van der Waals surface area contributed by atoms with Gasteiger partial charge in [0.1, 0.15) is 17.3 Å². The van der Waals surface area contributed by atoms with Crippen molar-refractivity contribution in [1.29, 1.82) is 0 Å². The Balaban J connectivity index is 1.49. The summed E-state index contributed by atoms with van der Waals surface area (Å²) < 4.78 is 6.20. The molecule has 4 rings (SSSR count). The molecule has 4 nitrogen and oxygen atoms in total. The maximum absolute atomic E-state index is 13.4. The third-order valence-electron chi connectivity index (χ3n) is 7.50. The Bertz CT molecular complexity index is 981. The molecule has 0 amide bonds. The van der Waals surface area contributed by atoms with E-state index < -0.39 is 0 Å². The van der Waals surface area contributed by atoms with Crippen LogP contribution in [0.15, 0.2) is 42.5 Å². The molecule has 0 radical (unpaired) electrons. The number of hydrogen-bond acceptors (Lipinski definition) is 4. The minimum Gasteiger partial charge on any atom is -0.507 e. The molecule has 4 heteroatoms. The SMILES string of the molecule is CC(=O)CC[C@@H]1C(=O)c2c(O)cc(OC(C)CCCc3ccccc3)cc2[C@H]2CCCC[C@H]12. The molecule has 2 aromatic carbocycles. The van der Waals surface area contributed by atoms with Crippen LogP contribution in [-0.4, -0.2) is 22.8 Å². The van der Waals surface area contributed by atoms with Crippen LogP contribution in [0.25, 0.3) is 0 Å². The Hall–Kier alpha value is -2.62. The van der Waals surface area contributed by atoms with Gasteiger partial charge in [-0.05, 0) is 81.4 Å². The summed E-state index contributed by atoms with van der Waals surface area (Å²) in [4.78, 5) is 25.0. The summed E-state index contributed by atoms with van der Waals surface area (Å²) >= 11 is 0. The van der Waals surface area contributed by atoms with Gasteiger partial charge in [0.05, 0.1) is 11.7 Å². The van der Waals surface area contributed by atoms with E-state index in [1.165, 1.54) is 5.56 Å². The number of Topliss-reactive ketones (excluding diaryl/α,β-unsaturated/α-hetero) is 2. The van der Waals surface area contributed by atoms with Crippen LogP contribution < -0.4 is 4.74 Å². The molecule has 1 fully saturated rings. The first-order valence-electron chi connectivity index (χ1n) is 12.5. The molecule has 0 aliphatic heterocycles. The van der Waals surface area contributed by atoms with E-state index in [2.05, 4.69) is 31.2 Å². The largest absolute Gasteiger partial charge is 0.507 e. The van der Waals surface area contributed by atoms with E-state index >= 15 is 0 Å². The van der Waals surface area contributed by atoms with E-state index in [1.54, 1.807) is 13.0 Å².